The summed E-state index contributed by atoms with van der Waals surface area (Å²) in [6.07, 6.45) is 0.666. The zero-order valence-electron chi connectivity index (χ0n) is 18.2. The number of aromatic amines is 1. The summed E-state index contributed by atoms with van der Waals surface area (Å²) in [5.74, 6) is -3.43. The molecule has 1 aromatic heterocycles. The Hall–Kier alpha value is -3.21. The normalized spacial score (nSPS) is 17.5. The van der Waals surface area contributed by atoms with Crippen molar-refractivity contribution in [3.05, 3.63) is 30.1 Å². The molecule has 178 valence electrons. The summed E-state index contributed by atoms with van der Waals surface area (Å²) in [6, 6.07) is 6.03. The third kappa shape index (κ3) is 6.19. The molecule has 3 atom stereocenters. The van der Waals surface area contributed by atoms with Crippen LogP contribution in [0.15, 0.2) is 24.3 Å². The van der Waals surface area contributed by atoms with Gasteiger partial charge in [0.1, 0.15) is 6.04 Å². The number of rotatable bonds is 8. The van der Waals surface area contributed by atoms with Crippen molar-refractivity contribution in [2.24, 2.45) is 11.8 Å². The van der Waals surface area contributed by atoms with Crippen LogP contribution in [0.3, 0.4) is 0 Å². The molecule has 0 bridgehead atoms. The van der Waals surface area contributed by atoms with Gasteiger partial charge in [0.2, 0.25) is 5.91 Å². The Morgan fingerprint density at radius 3 is 2.64 bits per heavy atom. The number of hydrogen-bond donors (Lipinski definition) is 4. The van der Waals surface area contributed by atoms with Crippen LogP contribution in [0.2, 0.25) is 0 Å². The number of alkyl halides is 2. The molecule has 10 nitrogen and oxygen atoms in total. The van der Waals surface area contributed by atoms with Crippen LogP contribution >= 0.6 is 11.6 Å². The maximum atomic E-state index is 13.6. The van der Waals surface area contributed by atoms with E-state index in [2.05, 4.69) is 26.0 Å². The van der Waals surface area contributed by atoms with Gasteiger partial charge in [-0.15, -0.1) is 0 Å². The van der Waals surface area contributed by atoms with Gasteiger partial charge < -0.3 is 15.6 Å². The summed E-state index contributed by atoms with van der Waals surface area (Å²) < 4.78 is 13.6. The van der Waals surface area contributed by atoms with Gasteiger partial charge in [-0.3, -0.25) is 24.6 Å². The lowest BCUT2D eigenvalue weighted by Gasteiger charge is -2.28. The first-order chi connectivity index (χ1) is 15.7. The van der Waals surface area contributed by atoms with Gasteiger partial charge in [-0.05, 0) is 30.9 Å². The van der Waals surface area contributed by atoms with E-state index in [1.165, 1.54) is 0 Å². The van der Waals surface area contributed by atoms with Crippen molar-refractivity contribution in [2.75, 3.05) is 13.1 Å². The van der Waals surface area contributed by atoms with Crippen LogP contribution in [0.25, 0.3) is 11.0 Å². The van der Waals surface area contributed by atoms with Crippen LogP contribution in [-0.4, -0.2) is 63.4 Å². The van der Waals surface area contributed by atoms with Gasteiger partial charge in [-0.1, -0.05) is 37.6 Å². The number of aromatic nitrogens is 2. The number of H-pyrrole nitrogens is 1. The fourth-order valence-corrected chi connectivity index (χ4v) is 3.67. The highest BCUT2D eigenvalue weighted by molar-refractivity contribution is 6.29. The largest absolute Gasteiger partial charge is 0.356 e. The molecular weight excluding hydrogens is 455 g/mol. The van der Waals surface area contributed by atoms with Crippen LogP contribution in [0.1, 0.15) is 37.3 Å². The highest BCUT2D eigenvalue weighted by Crippen LogP contribution is 2.14. The number of nitrogens with zero attached hydrogens (tertiary/aromatic N) is 2. The van der Waals surface area contributed by atoms with Crippen LogP contribution in [0, 0.1) is 11.8 Å². The average molecular weight is 481 g/mol. The lowest BCUT2D eigenvalue weighted by molar-refractivity contribution is -0.145. The zero-order chi connectivity index (χ0) is 24.1. The lowest BCUT2D eigenvalue weighted by Crippen LogP contribution is -2.57. The number of carbonyl (C=O) groups excluding carboxylic acids is 4. The first kappa shape index (κ1) is 24.4. The van der Waals surface area contributed by atoms with Crippen molar-refractivity contribution in [2.45, 2.75) is 38.4 Å². The van der Waals surface area contributed by atoms with Gasteiger partial charge in [0.25, 0.3) is 23.4 Å². The molecule has 0 radical (unpaired) electrons. The molecule has 1 fully saturated rings. The van der Waals surface area contributed by atoms with Crippen molar-refractivity contribution in [1.29, 1.82) is 0 Å². The predicted octanol–water partition coefficient (Wildman–Crippen LogP) is 1.24. The van der Waals surface area contributed by atoms with E-state index in [-0.39, 0.29) is 30.6 Å². The molecular formula is C21H26ClFN6O4. The van der Waals surface area contributed by atoms with E-state index in [0.717, 1.165) is 0 Å². The summed E-state index contributed by atoms with van der Waals surface area (Å²) in [5, 5.41) is 5.93. The van der Waals surface area contributed by atoms with Crippen molar-refractivity contribution < 1.29 is 23.6 Å². The lowest BCUT2D eigenvalue weighted by atomic mass is 10.0. The minimum atomic E-state index is -2.40. The molecule has 2 heterocycles. The Kier molecular flexibility index (Phi) is 7.85. The quantitative estimate of drug-likeness (QED) is 0.333. The number of imidazole rings is 1. The SMILES string of the molecule is CC(C)CC(NC(=O)c1nc2ccccc2[nH]1)C(=O)NN(CC1CCNC1=O)C(=O)C(F)Cl. The minimum absolute atomic E-state index is 0.00318. The maximum Gasteiger partial charge on any atom is 0.291 e. The predicted molar refractivity (Wildman–Crippen MR) is 119 cm³/mol. The van der Waals surface area contributed by atoms with E-state index < -0.39 is 35.3 Å². The van der Waals surface area contributed by atoms with Crippen LogP contribution in [-0.2, 0) is 14.4 Å². The second-order valence-electron chi connectivity index (χ2n) is 8.26. The van der Waals surface area contributed by atoms with Crippen molar-refractivity contribution in [1.82, 2.24) is 31.0 Å². The summed E-state index contributed by atoms with van der Waals surface area (Å²) in [7, 11) is 0. The van der Waals surface area contributed by atoms with E-state index in [0.29, 0.717) is 29.0 Å². The molecule has 12 heteroatoms. The van der Waals surface area contributed by atoms with E-state index in [1.807, 2.05) is 13.8 Å². The Morgan fingerprint density at radius 2 is 2.03 bits per heavy atom. The average Bonchev–Trinajstić information content (AvgIpc) is 3.37. The number of hydrogen-bond acceptors (Lipinski definition) is 5. The third-order valence-corrected chi connectivity index (χ3v) is 5.38. The molecule has 1 aromatic carbocycles. The van der Waals surface area contributed by atoms with Crippen LogP contribution < -0.4 is 16.1 Å². The Morgan fingerprint density at radius 1 is 1.30 bits per heavy atom. The molecule has 0 spiro atoms. The van der Waals surface area contributed by atoms with Gasteiger partial charge in [0, 0.05) is 6.54 Å². The first-order valence-electron chi connectivity index (χ1n) is 10.6. The summed E-state index contributed by atoms with van der Waals surface area (Å²) in [5.41, 5.74) is 1.18. The monoisotopic (exact) mass is 480 g/mol. The highest BCUT2D eigenvalue weighted by Gasteiger charge is 2.33. The Bertz CT molecular complexity index is 1010. The fraction of sp³-hybridized carbons (Fsp3) is 0.476. The van der Waals surface area contributed by atoms with Crippen molar-refractivity contribution >= 4 is 46.3 Å². The van der Waals surface area contributed by atoms with Gasteiger partial charge in [-0.25, -0.2) is 14.4 Å². The van der Waals surface area contributed by atoms with Gasteiger partial charge >= 0.3 is 0 Å². The van der Waals surface area contributed by atoms with E-state index in [1.54, 1.807) is 24.3 Å². The zero-order valence-corrected chi connectivity index (χ0v) is 19.0. The Balaban J connectivity index is 1.74. The fourth-order valence-electron chi connectivity index (χ4n) is 3.55. The number of para-hydroxylation sites is 2. The first-order valence-corrected chi connectivity index (χ1v) is 11.0. The van der Waals surface area contributed by atoms with E-state index >= 15 is 0 Å². The summed E-state index contributed by atoms with van der Waals surface area (Å²) in [4.78, 5) is 57.0. The van der Waals surface area contributed by atoms with Gasteiger partial charge in [0.05, 0.1) is 23.5 Å². The molecule has 1 saturated heterocycles. The molecule has 1 aliphatic heterocycles. The third-order valence-electron chi connectivity index (χ3n) is 5.20. The number of amides is 4. The summed E-state index contributed by atoms with van der Waals surface area (Å²) >= 11 is 5.30. The molecule has 1 aliphatic rings. The highest BCUT2D eigenvalue weighted by atomic mass is 35.5. The molecule has 3 rings (SSSR count). The van der Waals surface area contributed by atoms with E-state index in [9.17, 15) is 23.6 Å². The van der Waals surface area contributed by atoms with Crippen molar-refractivity contribution in [3.8, 4) is 0 Å². The number of nitrogens with one attached hydrogen (secondary N) is 4. The number of fused-ring (bicyclic) bond motifs is 1. The molecule has 33 heavy (non-hydrogen) atoms. The number of benzene rings is 1. The molecule has 3 unspecified atom stereocenters. The minimum Gasteiger partial charge on any atom is -0.356 e. The second kappa shape index (κ2) is 10.6. The number of hydrazine groups is 1. The van der Waals surface area contributed by atoms with Gasteiger partial charge in [0.15, 0.2) is 5.82 Å². The standard InChI is InChI=1S/C21H26ClFN6O4/c1-11(2)9-15(27-20(32)17-25-13-5-3-4-6-14(13)26-17)19(31)28-29(21(33)16(22)23)10-12-7-8-24-18(12)30/h3-6,11-12,15-16H,7-10H2,1-2H3,(H,24,30)(H,25,26)(H,27,32)(H,28,31). The van der Waals surface area contributed by atoms with E-state index in [4.69, 9.17) is 11.6 Å². The van der Waals surface area contributed by atoms with Crippen LogP contribution in [0.4, 0.5) is 4.39 Å². The molecule has 2 aromatic rings. The summed E-state index contributed by atoms with van der Waals surface area (Å²) in [6.45, 7) is 3.89. The molecule has 0 aliphatic carbocycles. The topological polar surface area (TPSA) is 136 Å². The van der Waals surface area contributed by atoms with Crippen LogP contribution in [0.5, 0.6) is 0 Å². The molecule has 4 amide bonds. The van der Waals surface area contributed by atoms with Crippen molar-refractivity contribution in [3.63, 3.8) is 0 Å². The maximum absolute atomic E-state index is 13.6. The smallest absolute Gasteiger partial charge is 0.291 e. The number of carbonyl (C=O) groups is 4. The molecule has 4 N–H and O–H groups in total. The second-order valence-corrected chi connectivity index (χ2v) is 8.64. The Labute approximate surface area is 194 Å². The number of halogens is 2. The van der Waals surface area contributed by atoms with Gasteiger partial charge in [-0.2, -0.15) is 0 Å². The molecule has 0 saturated carbocycles.